The predicted molar refractivity (Wildman–Crippen MR) is 72.0 cm³/mol. The van der Waals surface area contributed by atoms with E-state index in [0.29, 0.717) is 6.42 Å². The highest BCUT2D eigenvalue weighted by atomic mass is 32.1. The van der Waals surface area contributed by atoms with Crippen LogP contribution in [0.2, 0.25) is 0 Å². The lowest BCUT2D eigenvalue weighted by atomic mass is 10.1. The van der Waals surface area contributed by atoms with E-state index in [-0.39, 0.29) is 6.42 Å². The van der Waals surface area contributed by atoms with Gasteiger partial charge in [-0.15, -0.1) is 11.3 Å². The van der Waals surface area contributed by atoms with Gasteiger partial charge in [0.05, 0.1) is 11.4 Å². The van der Waals surface area contributed by atoms with E-state index in [1.807, 2.05) is 6.20 Å². The topological polar surface area (TPSA) is 53.4 Å². The second-order valence-electron chi connectivity index (χ2n) is 4.87. The lowest BCUT2D eigenvalue weighted by Crippen LogP contribution is -2.20. The van der Waals surface area contributed by atoms with E-state index in [1.165, 1.54) is 24.5 Å². The quantitative estimate of drug-likeness (QED) is 0.858. The number of hydrogen-bond donors (Lipinski definition) is 1. The second kappa shape index (κ2) is 6.29. The van der Waals surface area contributed by atoms with Crippen LogP contribution in [-0.2, 0) is 17.6 Å². The summed E-state index contributed by atoms with van der Waals surface area (Å²) in [4.78, 5) is 18.5. The van der Waals surface area contributed by atoms with Crippen molar-refractivity contribution in [3.05, 3.63) is 16.1 Å². The van der Waals surface area contributed by atoms with Crippen molar-refractivity contribution in [1.29, 1.82) is 0 Å². The van der Waals surface area contributed by atoms with Crippen molar-refractivity contribution >= 4 is 17.3 Å². The van der Waals surface area contributed by atoms with Crippen LogP contribution in [0.1, 0.15) is 29.7 Å². The highest BCUT2D eigenvalue weighted by Crippen LogP contribution is 2.23. The molecular formula is C13H20N2O2S. The van der Waals surface area contributed by atoms with Crippen molar-refractivity contribution < 1.29 is 9.90 Å². The molecule has 0 bridgehead atoms. The molecule has 0 radical (unpaired) electrons. The summed E-state index contributed by atoms with van der Waals surface area (Å²) in [6.45, 7) is 5.73. The van der Waals surface area contributed by atoms with Gasteiger partial charge < -0.3 is 10.0 Å². The second-order valence-corrected chi connectivity index (χ2v) is 6.07. The molecule has 1 aliphatic rings. The molecule has 1 unspecified atom stereocenters. The first-order valence-electron chi connectivity index (χ1n) is 6.55. The van der Waals surface area contributed by atoms with Gasteiger partial charge in [0.2, 0.25) is 0 Å². The molecule has 1 atom stereocenters. The number of nitrogens with zero attached hydrogens (tertiary/aromatic N) is 2. The molecule has 1 aliphatic heterocycles. The Bertz CT molecular complexity index is 405. The molecular weight excluding hydrogens is 248 g/mol. The van der Waals surface area contributed by atoms with Crippen LogP contribution >= 0.6 is 11.3 Å². The number of carboxylic acids is 1. The van der Waals surface area contributed by atoms with Gasteiger partial charge in [0.1, 0.15) is 0 Å². The number of aromatic nitrogens is 1. The first-order chi connectivity index (χ1) is 8.67. The Morgan fingerprint density at radius 3 is 3.17 bits per heavy atom. The number of rotatable bonds is 6. The van der Waals surface area contributed by atoms with Gasteiger partial charge >= 0.3 is 5.97 Å². The molecule has 1 fully saturated rings. The molecule has 1 aromatic rings. The smallest absolute Gasteiger partial charge is 0.303 e. The first-order valence-corrected chi connectivity index (χ1v) is 7.36. The zero-order valence-corrected chi connectivity index (χ0v) is 11.6. The third kappa shape index (κ3) is 3.78. The fourth-order valence-electron chi connectivity index (χ4n) is 2.40. The Morgan fingerprint density at radius 2 is 2.50 bits per heavy atom. The zero-order chi connectivity index (χ0) is 13.0. The Balaban J connectivity index is 1.81. The average Bonchev–Trinajstić information content (AvgIpc) is 2.96. The minimum atomic E-state index is -0.737. The maximum absolute atomic E-state index is 10.5. The van der Waals surface area contributed by atoms with E-state index in [1.54, 1.807) is 11.3 Å². The van der Waals surface area contributed by atoms with E-state index in [9.17, 15) is 4.79 Å². The van der Waals surface area contributed by atoms with Gasteiger partial charge in [-0.25, -0.2) is 4.98 Å². The highest BCUT2D eigenvalue weighted by Gasteiger charge is 2.22. The third-order valence-electron chi connectivity index (χ3n) is 3.47. The van der Waals surface area contributed by atoms with Gasteiger partial charge in [-0.3, -0.25) is 4.79 Å². The molecule has 0 amide bonds. The standard InChI is InChI=1S/C13H20N2O2S/c1-2-15-6-5-10(9-15)7-12-14-8-11(18-12)3-4-13(16)17/h8,10H,2-7,9H2,1H3,(H,16,17). The van der Waals surface area contributed by atoms with Crippen LogP contribution in [0.25, 0.3) is 0 Å². The van der Waals surface area contributed by atoms with Crippen LogP contribution in [0.15, 0.2) is 6.20 Å². The zero-order valence-electron chi connectivity index (χ0n) is 10.8. The molecule has 1 saturated heterocycles. The molecule has 0 saturated carbocycles. The molecule has 0 aliphatic carbocycles. The lowest BCUT2D eigenvalue weighted by Gasteiger charge is -2.11. The fraction of sp³-hybridized carbons (Fsp3) is 0.692. The molecule has 0 spiro atoms. The summed E-state index contributed by atoms with van der Waals surface area (Å²) in [7, 11) is 0. The third-order valence-corrected chi connectivity index (χ3v) is 4.55. The van der Waals surface area contributed by atoms with Crippen molar-refractivity contribution in [3.63, 3.8) is 0 Å². The summed E-state index contributed by atoms with van der Waals surface area (Å²) in [6, 6.07) is 0. The summed E-state index contributed by atoms with van der Waals surface area (Å²) in [6.07, 6.45) is 4.97. The number of hydrogen-bond acceptors (Lipinski definition) is 4. The Morgan fingerprint density at radius 1 is 1.67 bits per heavy atom. The Hall–Kier alpha value is -0.940. The summed E-state index contributed by atoms with van der Waals surface area (Å²) < 4.78 is 0. The average molecular weight is 268 g/mol. The van der Waals surface area contributed by atoms with Gasteiger partial charge in [0, 0.05) is 24.0 Å². The number of aliphatic carboxylic acids is 1. The number of likely N-dealkylation sites (tertiary alicyclic amines) is 1. The predicted octanol–water partition coefficient (Wildman–Crippen LogP) is 2.04. The molecule has 2 heterocycles. The maximum Gasteiger partial charge on any atom is 0.303 e. The number of aryl methyl sites for hydroxylation is 1. The van der Waals surface area contributed by atoms with Gasteiger partial charge in [-0.2, -0.15) is 0 Å². The van der Waals surface area contributed by atoms with Crippen molar-refractivity contribution in [2.75, 3.05) is 19.6 Å². The molecule has 0 aromatic carbocycles. The van der Waals surface area contributed by atoms with Crippen LogP contribution in [0.5, 0.6) is 0 Å². The van der Waals surface area contributed by atoms with Gasteiger partial charge in [-0.05, 0) is 31.8 Å². The van der Waals surface area contributed by atoms with Crippen LogP contribution in [0.4, 0.5) is 0 Å². The van der Waals surface area contributed by atoms with Crippen molar-refractivity contribution in [1.82, 2.24) is 9.88 Å². The molecule has 1 aromatic heterocycles. The summed E-state index contributed by atoms with van der Waals surface area (Å²) in [5.74, 6) is -0.0113. The number of carbonyl (C=O) groups is 1. The molecule has 2 rings (SSSR count). The van der Waals surface area contributed by atoms with Crippen molar-refractivity contribution in [3.8, 4) is 0 Å². The van der Waals surface area contributed by atoms with Crippen molar-refractivity contribution in [2.24, 2.45) is 5.92 Å². The monoisotopic (exact) mass is 268 g/mol. The van der Waals surface area contributed by atoms with Crippen molar-refractivity contribution in [2.45, 2.75) is 32.6 Å². The number of thiazole rings is 1. The van der Waals surface area contributed by atoms with Gasteiger partial charge in [0.25, 0.3) is 0 Å². The summed E-state index contributed by atoms with van der Waals surface area (Å²) in [5, 5.41) is 9.81. The highest BCUT2D eigenvalue weighted by molar-refractivity contribution is 7.11. The Labute approximate surface area is 112 Å². The van der Waals surface area contributed by atoms with E-state index >= 15 is 0 Å². The minimum Gasteiger partial charge on any atom is -0.481 e. The van der Waals surface area contributed by atoms with Crippen LogP contribution in [0, 0.1) is 5.92 Å². The van der Waals surface area contributed by atoms with Crippen LogP contribution < -0.4 is 0 Å². The van der Waals surface area contributed by atoms with Gasteiger partial charge in [-0.1, -0.05) is 6.92 Å². The van der Waals surface area contributed by atoms with Gasteiger partial charge in [0.15, 0.2) is 0 Å². The summed E-state index contributed by atoms with van der Waals surface area (Å²) in [5.41, 5.74) is 0. The molecule has 100 valence electrons. The van der Waals surface area contributed by atoms with Crippen LogP contribution in [0.3, 0.4) is 0 Å². The van der Waals surface area contributed by atoms with E-state index in [4.69, 9.17) is 5.11 Å². The van der Waals surface area contributed by atoms with Crippen LogP contribution in [-0.4, -0.2) is 40.6 Å². The molecule has 4 nitrogen and oxygen atoms in total. The largest absolute Gasteiger partial charge is 0.481 e. The van der Waals surface area contributed by atoms with E-state index in [2.05, 4.69) is 16.8 Å². The maximum atomic E-state index is 10.5. The number of carboxylic acid groups (broad SMARTS) is 1. The first kappa shape index (κ1) is 13.5. The molecule has 1 N–H and O–H groups in total. The SMILES string of the molecule is CCN1CCC(Cc2ncc(CCC(=O)O)s2)C1. The van der Waals surface area contributed by atoms with E-state index in [0.717, 1.165) is 23.8 Å². The molecule has 18 heavy (non-hydrogen) atoms. The van der Waals surface area contributed by atoms with E-state index < -0.39 is 5.97 Å². The summed E-state index contributed by atoms with van der Waals surface area (Å²) >= 11 is 1.68. The fourth-order valence-corrected chi connectivity index (χ4v) is 3.44. The lowest BCUT2D eigenvalue weighted by molar-refractivity contribution is -0.136. The molecule has 5 heteroatoms. The minimum absolute atomic E-state index is 0.203. The normalized spacial score (nSPS) is 20.4. The Kier molecular flexibility index (Phi) is 4.72.